The van der Waals surface area contributed by atoms with Gasteiger partial charge >= 0.3 is 11.9 Å². The summed E-state index contributed by atoms with van der Waals surface area (Å²) >= 11 is 0. The highest BCUT2D eigenvalue weighted by Gasteiger charge is 2.17. The summed E-state index contributed by atoms with van der Waals surface area (Å²) in [6, 6.07) is 0.629. The van der Waals surface area contributed by atoms with Crippen molar-refractivity contribution in [3.63, 3.8) is 0 Å². The molecule has 1 amide bonds. The number of esters is 2. The number of hydrogen-bond acceptors (Lipinski definition) is 6. The first kappa shape index (κ1) is 58.4. The fourth-order valence-electron chi connectivity index (χ4n) is 8.47. The summed E-state index contributed by atoms with van der Waals surface area (Å²) in [5.41, 5.74) is 0. The number of ether oxygens (including phenoxy) is 2. The van der Waals surface area contributed by atoms with Gasteiger partial charge in [-0.15, -0.1) is 0 Å². The van der Waals surface area contributed by atoms with E-state index in [1.54, 1.807) is 0 Å². The second-order valence-corrected chi connectivity index (χ2v) is 19.1. The van der Waals surface area contributed by atoms with Gasteiger partial charge in [-0.3, -0.25) is 19.3 Å². The number of nitrogens with one attached hydrogen (secondary N) is 1. The molecule has 0 unspecified atom stereocenters. The predicted molar refractivity (Wildman–Crippen MR) is 258 cm³/mol. The number of hydrogen-bond donors (Lipinski definition) is 1. The zero-order valence-electron chi connectivity index (χ0n) is 41.4. The van der Waals surface area contributed by atoms with Crippen LogP contribution in [0.3, 0.4) is 0 Å². The number of unbranched alkanes of at least 4 members (excludes halogenated alkanes) is 22. The molecular weight excluding hydrogens is 745 g/mol. The standard InChI is InChI=1S/C53H104N2O5/c1-8-12-28-36-48(37-29-13-9-2)44-52(57)59-42-34-26-22-18-16-20-24-32-40-50(54-51(56)46-55(7)47(5)6)41-33-25-21-17-19-23-27-35-43-60-53(58)45-49(38-30-14-10-3)39-31-15-11-4/h47-50H,8-46H2,1-7H3,(H,54,56). The van der Waals surface area contributed by atoms with Crippen LogP contribution >= 0.6 is 0 Å². The summed E-state index contributed by atoms with van der Waals surface area (Å²) < 4.78 is 11.3. The predicted octanol–water partition coefficient (Wildman–Crippen LogP) is 15.3. The Morgan fingerprint density at radius 1 is 0.433 bits per heavy atom. The number of likely N-dealkylation sites (N-methyl/N-ethyl adjacent to an activating group) is 1. The molecule has 0 aromatic carbocycles. The Morgan fingerprint density at radius 2 is 0.733 bits per heavy atom. The maximum atomic E-state index is 12.9. The van der Waals surface area contributed by atoms with E-state index < -0.39 is 0 Å². The molecule has 0 aliphatic heterocycles. The number of rotatable bonds is 46. The van der Waals surface area contributed by atoms with Crippen molar-refractivity contribution in [2.75, 3.05) is 26.8 Å². The first-order valence-corrected chi connectivity index (χ1v) is 26.5. The summed E-state index contributed by atoms with van der Waals surface area (Å²) in [6.45, 7) is 14.9. The molecule has 0 radical (unpaired) electrons. The Bertz CT molecular complexity index is 878. The molecule has 0 fully saturated rings. The molecule has 0 aliphatic rings. The quantitative estimate of drug-likeness (QED) is 0.0485. The average molecular weight is 849 g/mol. The Morgan fingerprint density at radius 3 is 1.05 bits per heavy atom. The van der Waals surface area contributed by atoms with Crippen molar-refractivity contribution >= 4 is 17.8 Å². The summed E-state index contributed by atoms with van der Waals surface area (Å²) in [5, 5.41) is 3.39. The summed E-state index contributed by atoms with van der Waals surface area (Å²) in [4.78, 5) is 40.0. The maximum Gasteiger partial charge on any atom is 0.306 e. The Labute approximate surface area is 374 Å². The van der Waals surface area contributed by atoms with Crippen molar-refractivity contribution in [3.05, 3.63) is 0 Å². The molecule has 0 spiro atoms. The smallest absolute Gasteiger partial charge is 0.306 e. The molecule has 0 saturated carbocycles. The van der Waals surface area contributed by atoms with E-state index in [0.29, 0.717) is 50.5 Å². The molecule has 0 aromatic heterocycles. The topological polar surface area (TPSA) is 84.9 Å². The minimum atomic E-state index is 0.0163. The van der Waals surface area contributed by atoms with Gasteiger partial charge in [0.05, 0.1) is 19.8 Å². The molecule has 0 aliphatic carbocycles. The molecule has 0 aromatic rings. The maximum absolute atomic E-state index is 12.9. The van der Waals surface area contributed by atoms with Crippen molar-refractivity contribution in [1.82, 2.24) is 10.2 Å². The lowest BCUT2D eigenvalue weighted by molar-refractivity contribution is -0.146. The number of carbonyl (C=O) groups is 3. The van der Waals surface area contributed by atoms with Crippen LogP contribution in [0.1, 0.15) is 273 Å². The van der Waals surface area contributed by atoms with E-state index in [4.69, 9.17) is 9.47 Å². The van der Waals surface area contributed by atoms with Crippen molar-refractivity contribution in [2.24, 2.45) is 11.8 Å². The highest BCUT2D eigenvalue weighted by molar-refractivity contribution is 5.78. The van der Waals surface area contributed by atoms with E-state index in [2.05, 4.69) is 51.8 Å². The monoisotopic (exact) mass is 849 g/mol. The molecule has 356 valence electrons. The highest BCUT2D eigenvalue weighted by Crippen LogP contribution is 2.23. The summed E-state index contributed by atoms with van der Waals surface area (Å²) in [5.74, 6) is 1.19. The molecule has 0 saturated heterocycles. The van der Waals surface area contributed by atoms with Gasteiger partial charge in [-0.1, -0.05) is 195 Å². The number of carbonyl (C=O) groups excluding carboxylic acids is 3. The van der Waals surface area contributed by atoms with E-state index in [9.17, 15) is 14.4 Å². The van der Waals surface area contributed by atoms with Crippen LogP contribution in [-0.2, 0) is 23.9 Å². The van der Waals surface area contributed by atoms with Gasteiger partial charge in [0.15, 0.2) is 0 Å². The lowest BCUT2D eigenvalue weighted by Crippen LogP contribution is -2.42. The van der Waals surface area contributed by atoms with E-state index >= 15 is 0 Å². The molecule has 0 atom stereocenters. The zero-order valence-corrected chi connectivity index (χ0v) is 41.4. The number of amides is 1. The zero-order chi connectivity index (χ0) is 44.3. The van der Waals surface area contributed by atoms with Crippen LogP contribution in [0.2, 0.25) is 0 Å². The summed E-state index contributed by atoms with van der Waals surface area (Å²) in [6.07, 6.45) is 41.9. The third kappa shape index (κ3) is 39.2. The van der Waals surface area contributed by atoms with E-state index in [1.807, 2.05) is 7.05 Å². The van der Waals surface area contributed by atoms with Gasteiger partial charge in [0.25, 0.3) is 0 Å². The minimum Gasteiger partial charge on any atom is -0.466 e. The molecular formula is C53H104N2O5. The largest absolute Gasteiger partial charge is 0.466 e. The van der Waals surface area contributed by atoms with Crippen LogP contribution < -0.4 is 5.32 Å². The van der Waals surface area contributed by atoms with Crippen molar-refractivity contribution in [2.45, 2.75) is 285 Å². The third-order valence-corrected chi connectivity index (χ3v) is 12.8. The van der Waals surface area contributed by atoms with Crippen molar-refractivity contribution < 1.29 is 23.9 Å². The molecule has 0 heterocycles. The lowest BCUT2D eigenvalue weighted by atomic mass is 9.92. The van der Waals surface area contributed by atoms with E-state index in [-0.39, 0.29) is 23.9 Å². The van der Waals surface area contributed by atoms with Gasteiger partial charge in [0, 0.05) is 24.9 Å². The molecule has 0 rings (SSSR count). The Balaban J connectivity index is 4.22. The van der Waals surface area contributed by atoms with E-state index in [0.717, 1.165) is 38.5 Å². The van der Waals surface area contributed by atoms with Gasteiger partial charge < -0.3 is 14.8 Å². The molecule has 0 bridgehead atoms. The molecule has 60 heavy (non-hydrogen) atoms. The number of nitrogens with zero attached hydrogens (tertiary/aromatic N) is 1. The van der Waals surface area contributed by atoms with Gasteiger partial charge in [-0.2, -0.15) is 0 Å². The van der Waals surface area contributed by atoms with Crippen LogP contribution in [0.5, 0.6) is 0 Å². The van der Waals surface area contributed by atoms with Crippen LogP contribution in [0.15, 0.2) is 0 Å². The first-order chi connectivity index (χ1) is 29.2. The Hall–Kier alpha value is -1.63. The van der Waals surface area contributed by atoms with Gasteiger partial charge in [-0.05, 0) is 84.1 Å². The van der Waals surface area contributed by atoms with Crippen molar-refractivity contribution in [1.29, 1.82) is 0 Å². The van der Waals surface area contributed by atoms with Crippen LogP contribution in [0.25, 0.3) is 0 Å². The fraction of sp³-hybridized carbons (Fsp3) is 0.943. The highest BCUT2D eigenvalue weighted by atomic mass is 16.5. The van der Waals surface area contributed by atoms with Crippen LogP contribution in [0, 0.1) is 11.8 Å². The minimum absolute atomic E-state index is 0.0163. The third-order valence-electron chi connectivity index (χ3n) is 12.8. The lowest BCUT2D eigenvalue weighted by Gasteiger charge is -2.23. The van der Waals surface area contributed by atoms with Crippen molar-refractivity contribution in [3.8, 4) is 0 Å². The van der Waals surface area contributed by atoms with Gasteiger partial charge in [0.1, 0.15) is 0 Å². The van der Waals surface area contributed by atoms with Gasteiger partial charge in [-0.25, -0.2) is 0 Å². The first-order valence-electron chi connectivity index (χ1n) is 26.5. The Kier molecular flexibility index (Phi) is 42.8. The average Bonchev–Trinajstić information content (AvgIpc) is 3.21. The van der Waals surface area contributed by atoms with Gasteiger partial charge in [0.2, 0.25) is 5.91 Å². The van der Waals surface area contributed by atoms with E-state index in [1.165, 1.54) is 180 Å². The fourth-order valence-corrected chi connectivity index (χ4v) is 8.47. The second-order valence-electron chi connectivity index (χ2n) is 19.1. The second kappa shape index (κ2) is 44.0. The van der Waals surface area contributed by atoms with Crippen LogP contribution in [-0.4, -0.2) is 61.6 Å². The van der Waals surface area contributed by atoms with Crippen LogP contribution in [0.4, 0.5) is 0 Å². The molecule has 7 nitrogen and oxygen atoms in total. The SMILES string of the molecule is CCCCCC(CCCCC)CC(=O)OCCCCCCCCCCC(CCCCCCCCCCOC(=O)CC(CCCCC)CCCCC)NC(=O)CN(C)C(C)C. The summed E-state index contributed by atoms with van der Waals surface area (Å²) in [7, 11) is 2.03. The molecule has 7 heteroatoms. The molecule has 1 N–H and O–H groups in total. The normalized spacial score (nSPS) is 11.8.